The molecular formula is C26H29ClN4O2S. The maximum Gasteiger partial charge on any atom is 0.274 e. The number of hydrogen-bond donors (Lipinski definition) is 0. The quantitative estimate of drug-likeness (QED) is 0.337. The number of carbonyl (C=O) groups excluding carboxylic acids is 1. The van der Waals surface area contributed by atoms with Gasteiger partial charge in [-0.3, -0.25) is 4.79 Å². The highest BCUT2D eigenvalue weighted by Crippen LogP contribution is 2.33. The molecule has 0 bridgehead atoms. The SMILES string of the molecule is CCOc1cccn2cc(C[C@@H]3CCCCN3C(=O)c3nc(C)sc3-c3ccccc3)nc12.Cl. The second-order valence-electron chi connectivity index (χ2n) is 8.40. The molecule has 178 valence electrons. The van der Waals surface area contributed by atoms with Gasteiger partial charge in [-0.05, 0) is 50.8 Å². The number of thiazole rings is 1. The Morgan fingerprint density at radius 3 is 2.76 bits per heavy atom. The molecule has 4 aromatic rings. The van der Waals surface area contributed by atoms with Gasteiger partial charge in [-0.15, -0.1) is 23.7 Å². The maximum absolute atomic E-state index is 13.7. The summed E-state index contributed by atoms with van der Waals surface area (Å²) in [5, 5.41) is 0.912. The Bertz CT molecular complexity index is 1270. The summed E-state index contributed by atoms with van der Waals surface area (Å²) in [7, 11) is 0. The first-order valence-electron chi connectivity index (χ1n) is 11.6. The van der Waals surface area contributed by atoms with Crippen LogP contribution < -0.4 is 4.74 Å². The second kappa shape index (κ2) is 10.6. The van der Waals surface area contributed by atoms with Crippen LogP contribution in [0.4, 0.5) is 0 Å². The first-order chi connectivity index (χ1) is 16.1. The van der Waals surface area contributed by atoms with Crippen molar-refractivity contribution in [3.63, 3.8) is 0 Å². The molecule has 34 heavy (non-hydrogen) atoms. The number of likely N-dealkylation sites (tertiary alicyclic amines) is 1. The molecule has 1 fully saturated rings. The Morgan fingerprint density at radius 2 is 1.97 bits per heavy atom. The van der Waals surface area contributed by atoms with E-state index in [2.05, 4.69) is 11.2 Å². The molecule has 1 atom stereocenters. The molecule has 0 saturated carbocycles. The van der Waals surface area contributed by atoms with Crippen molar-refractivity contribution in [3.05, 3.63) is 71.3 Å². The van der Waals surface area contributed by atoms with Crippen LogP contribution in [0.15, 0.2) is 54.9 Å². The van der Waals surface area contributed by atoms with Gasteiger partial charge in [0.2, 0.25) is 0 Å². The van der Waals surface area contributed by atoms with Gasteiger partial charge in [0, 0.05) is 31.4 Å². The minimum absolute atomic E-state index is 0. The number of aryl methyl sites for hydroxylation is 1. The molecule has 3 aromatic heterocycles. The third kappa shape index (κ3) is 4.81. The van der Waals surface area contributed by atoms with Crippen molar-refractivity contribution in [2.24, 2.45) is 0 Å². The molecule has 0 spiro atoms. The van der Waals surface area contributed by atoms with Gasteiger partial charge in [-0.1, -0.05) is 30.3 Å². The lowest BCUT2D eigenvalue weighted by molar-refractivity contribution is 0.0608. The van der Waals surface area contributed by atoms with Gasteiger partial charge in [0.1, 0.15) is 5.69 Å². The number of carbonyl (C=O) groups is 1. The Hall–Kier alpha value is -2.90. The van der Waals surface area contributed by atoms with Crippen LogP contribution in [0.25, 0.3) is 16.1 Å². The number of nitrogens with zero attached hydrogens (tertiary/aromatic N) is 4. The van der Waals surface area contributed by atoms with Crippen molar-refractivity contribution in [2.45, 2.75) is 45.6 Å². The number of halogens is 1. The first kappa shape index (κ1) is 24.2. The van der Waals surface area contributed by atoms with Crippen molar-refractivity contribution in [2.75, 3.05) is 13.2 Å². The lowest BCUT2D eigenvalue weighted by Crippen LogP contribution is -2.45. The molecule has 0 unspecified atom stereocenters. The van der Waals surface area contributed by atoms with Crippen LogP contribution in [0.5, 0.6) is 5.75 Å². The molecule has 1 saturated heterocycles. The average Bonchev–Trinajstić information content (AvgIpc) is 3.43. The number of benzene rings is 1. The van der Waals surface area contributed by atoms with Crippen LogP contribution in [-0.4, -0.2) is 44.4 Å². The summed E-state index contributed by atoms with van der Waals surface area (Å²) < 4.78 is 7.75. The first-order valence-corrected chi connectivity index (χ1v) is 12.4. The van der Waals surface area contributed by atoms with E-state index in [0.717, 1.165) is 64.8 Å². The fourth-order valence-electron chi connectivity index (χ4n) is 4.62. The molecule has 1 amide bonds. The fourth-order valence-corrected chi connectivity index (χ4v) is 5.54. The monoisotopic (exact) mass is 496 g/mol. The van der Waals surface area contributed by atoms with E-state index in [0.29, 0.717) is 12.3 Å². The molecule has 0 aliphatic carbocycles. The Balaban J connectivity index is 0.00000274. The van der Waals surface area contributed by atoms with E-state index < -0.39 is 0 Å². The maximum atomic E-state index is 13.7. The summed E-state index contributed by atoms with van der Waals surface area (Å²) in [4.78, 5) is 26.2. The summed E-state index contributed by atoms with van der Waals surface area (Å²) >= 11 is 1.59. The van der Waals surface area contributed by atoms with E-state index in [1.165, 1.54) is 0 Å². The average molecular weight is 497 g/mol. The third-order valence-corrected chi connectivity index (χ3v) is 7.12. The van der Waals surface area contributed by atoms with Gasteiger partial charge in [0.15, 0.2) is 11.4 Å². The van der Waals surface area contributed by atoms with Crippen LogP contribution in [0, 0.1) is 6.92 Å². The highest BCUT2D eigenvalue weighted by Gasteiger charge is 2.31. The van der Waals surface area contributed by atoms with E-state index >= 15 is 0 Å². The van der Waals surface area contributed by atoms with E-state index in [-0.39, 0.29) is 24.4 Å². The highest BCUT2D eigenvalue weighted by atomic mass is 35.5. The van der Waals surface area contributed by atoms with Gasteiger partial charge in [-0.2, -0.15) is 0 Å². The van der Waals surface area contributed by atoms with Crippen LogP contribution in [0.1, 0.15) is 47.4 Å². The van der Waals surface area contributed by atoms with Gasteiger partial charge in [0.05, 0.1) is 22.2 Å². The predicted octanol–water partition coefficient (Wildman–Crippen LogP) is 5.82. The fraction of sp³-hybridized carbons (Fsp3) is 0.346. The third-order valence-electron chi connectivity index (χ3n) is 6.10. The molecule has 8 heteroatoms. The molecule has 1 aliphatic rings. The Morgan fingerprint density at radius 1 is 1.15 bits per heavy atom. The zero-order chi connectivity index (χ0) is 22.8. The normalized spacial score (nSPS) is 15.8. The molecular weight excluding hydrogens is 468 g/mol. The van der Waals surface area contributed by atoms with Crippen molar-refractivity contribution in [3.8, 4) is 16.2 Å². The van der Waals surface area contributed by atoms with Crippen LogP contribution in [-0.2, 0) is 6.42 Å². The van der Waals surface area contributed by atoms with E-state index in [9.17, 15) is 4.79 Å². The van der Waals surface area contributed by atoms with Gasteiger partial charge >= 0.3 is 0 Å². The lowest BCUT2D eigenvalue weighted by Gasteiger charge is -2.35. The van der Waals surface area contributed by atoms with Crippen LogP contribution in [0.3, 0.4) is 0 Å². The lowest BCUT2D eigenvalue weighted by atomic mass is 9.97. The van der Waals surface area contributed by atoms with Gasteiger partial charge in [0.25, 0.3) is 5.91 Å². The number of aromatic nitrogens is 3. The molecule has 1 aromatic carbocycles. The molecule has 4 heterocycles. The number of pyridine rings is 1. The van der Waals surface area contributed by atoms with Crippen molar-refractivity contribution < 1.29 is 9.53 Å². The summed E-state index contributed by atoms with van der Waals surface area (Å²) in [6.07, 6.45) is 7.88. The topological polar surface area (TPSA) is 59.7 Å². The molecule has 0 radical (unpaired) electrons. The smallest absolute Gasteiger partial charge is 0.274 e. The minimum Gasteiger partial charge on any atom is -0.490 e. The van der Waals surface area contributed by atoms with Crippen LogP contribution >= 0.6 is 23.7 Å². The summed E-state index contributed by atoms with van der Waals surface area (Å²) in [5.74, 6) is 0.815. The van der Waals surface area contributed by atoms with Crippen molar-refractivity contribution in [1.82, 2.24) is 19.3 Å². The summed E-state index contributed by atoms with van der Waals surface area (Å²) in [6.45, 7) is 5.30. The number of piperidine rings is 1. The molecule has 6 nitrogen and oxygen atoms in total. The predicted molar refractivity (Wildman–Crippen MR) is 138 cm³/mol. The van der Waals surface area contributed by atoms with E-state index in [1.54, 1.807) is 11.3 Å². The van der Waals surface area contributed by atoms with E-state index in [1.807, 2.05) is 71.8 Å². The Labute approximate surface area is 210 Å². The number of rotatable bonds is 6. The summed E-state index contributed by atoms with van der Waals surface area (Å²) in [6, 6.07) is 14.1. The molecule has 1 aliphatic heterocycles. The van der Waals surface area contributed by atoms with Crippen molar-refractivity contribution >= 4 is 35.3 Å². The molecule has 0 N–H and O–H groups in total. The standard InChI is InChI=1S/C26H28N4O2S.ClH/c1-3-32-22-13-9-14-29-17-20(28-25(22)29)16-21-12-7-8-15-30(21)26(31)23-24(33-18(2)27-23)19-10-5-4-6-11-19;/h4-6,9-11,13-14,17,21H,3,7-8,12,15-16H2,1-2H3;1H/t21-;/m0./s1. The zero-order valence-electron chi connectivity index (χ0n) is 19.4. The van der Waals surface area contributed by atoms with Crippen molar-refractivity contribution in [1.29, 1.82) is 0 Å². The number of fused-ring (bicyclic) bond motifs is 1. The van der Waals surface area contributed by atoms with Crippen LogP contribution in [0.2, 0.25) is 0 Å². The zero-order valence-corrected chi connectivity index (χ0v) is 21.1. The van der Waals surface area contributed by atoms with Gasteiger partial charge in [-0.25, -0.2) is 9.97 Å². The van der Waals surface area contributed by atoms with Gasteiger partial charge < -0.3 is 14.0 Å². The highest BCUT2D eigenvalue weighted by molar-refractivity contribution is 7.15. The second-order valence-corrected chi connectivity index (χ2v) is 9.60. The molecule has 5 rings (SSSR count). The Kier molecular flexibility index (Phi) is 7.54. The number of imidazole rings is 1. The number of ether oxygens (including phenoxy) is 1. The minimum atomic E-state index is 0. The summed E-state index contributed by atoms with van der Waals surface area (Å²) in [5.41, 5.74) is 3.42. The number of amides is 1. The largest absolute Gasteiger partial charge is 0.490 e. The van der Waals surface area contributed by atoms with E-state index in [4.69, 9.17) is 9.72 Å². The number of hydrogen-bond acceptors (Lipinski definition) is 5.